The van der Waals surface area contributed by atoms with Crippen molar-refractivity contribution in [1.29, 1.82) is 0 Å². The SMILES string of the molecule is CCCOC(=O)c1ccc(OC2=COC3C(CCC4OCN(C5CCS(=O)(=O)C5)CC43)C2=O)cc1. The molecule has 9 nitrogen and oxygen atoms in total. The molecular formula is C25H31NO8S. The molecular weight excluding hydrogens is 474 g/mol. The van der Waals surface area contributed by atoms with Crippen molar-refractivity contribution >= 4 is 21.6 Å². The summed E-state index contributed by atoms with van der Waals surface area (Å²) in [6.07, 6.45) is 3.81. The Kier molecular flexibility index (Phi) is 6.87. The Morgan fingerprint density at radius 3 is 2.69 bits per heavy atom. The van der Waals surface area contributed by atoms with E-state index in [0.29, 0.717) is 44.0 Å². The van der Waals surface area contributed by atoms with Crippen LogP contribution in [0.1, 0.15) is 43.0 Å². The highest BCUT2D eigenvalue weighted by molar-refractivity contribution is 7.91. The molecule has 4 aliphatic rings. The van der Waals surface area contributed by atoms with Crippen LogP contribution in [0.15, 0.2) is 36.3 Å². The molecule has 1 aromatic carbocycles. The minimum Gasteiger partial charge on any atom is -0.493 e. The van der Waals surface area contributed by atoms with Crippen LogP contribution in [0.5, 0.6) is 5.75 Å². The molecule has 0 bridgehead atoms. The summed E-state index contributed by atoms with van der Waals surface area (Å²) in [5.74, 6) is 0.0993. The zero-order valence-electron chi connectivity index (χ0n) is 19.8. The van der Waals surface area contributed by atoms with Gasteiger partial charge in [0.25, 0.3) is 0 Å². The number of ether oxygens (including phenoxy) is 4. The number of allylic oxidation sites excluding steroid dienone is 1. The molecule has 5 atom stereocenters. The minimum absolute atomic E-state index is 0.00538. The maximum atomic E-state index is 13.3. The van der Waals surface area contributed by atoms with E-state index < -0.39 is 15.8 Å². The van der Waals surface area contributed by atoms with Gasteiger partial charge in [-0.15, -0.1) is 0 Å². The predicted molar refractivity (Wildman–Crippen MR) is 125 cm³/mol. The highest BCUT2D eigenvalue weighted by Gasteiger charge is 2.50. The number of nitrogens with zero attached hydrogens (tertiary/aromatic N) is 1. The van der Waals surface area contributed by atoms with Gasteiger partial charge in [0.15, 0.2) is 9.84 Å². The van der Waals surface area contributed by atoms with Gasteiger partial charge in [0.2, 0.25) is 11.5 Å². The minimum atomic E-state index is -2.99. The normalized spacial score (nSPS) is 32.1. The van der Waals surface area contributed by atoms with Crippen molar-refractivity contribution in [2.24, 2.45) is 11.8 Å². The average molecular weight is 506 g/mol. The molecule has 3 aliphatic heterocycles. The molecule has 0 N–H and O–H groups in total. The molecule has 190 valence electrons. The summed E-state index contributed by atoms with van der Waals surface area (Å²) in [5.41, 5.74) is 0.418. The summed E-state index contributed by atoms with van der Waals surface area (Å²) in [6.45, 7) is 3.36. The van der Waals surface area contributed by atoms with Crippen LogP contribution in [0, 0.1) is 11.8 Å². The van der Waals surface area contributed by atoms with E-state index in [-0.39, 0.29) is 53.1 Å². The van der Waals surface area contributed by atoms with Crippen LogP contribution in [-0.4, -0.2) is 74.7 Å². The number of hydrogen-bond acceptors (Lipinski definition) is 9. The number of benzene rings is 1. The first-order chi connectivity index (χ1) is 16.8. The van der Waals surface area contributed by atoms with E-state index in [0.717, 1.165) is 12.8 Å². The Labute approximate surface area is 205 Å². The third kappa shape index (κ3) is 5.10. The topological polar surface area (TPSA) is 108 Å². The molecule has 1 aliphatic carbocycles. The first-order valence-electron chi connectivity index (χ1n) is 12.3. The summed E-state index contributed by atoms with van der Waals surface area (Å²) in [7, 11) is -2.99. The lowest BCUT2D eigenvalue weighted by Crippen LogP contribution is -2.58. The Balaban J connectivity index is 1.24. The number of esters is 1. The number of carbonyl (C=O) groups is 2. The fraction of sp³-hybridized carbons (Fsp3) is 0.600. The zero-order valence-corrected chi connectivity index (χ0v) is 20.6. The van der Waals surface area contributed by atoms with Crippen LogP contribution in [0.3, 0.4) is 0 Å². The molecule has 1 saturated carbocycles. The largest absolute Gasteiger partial charge is 0.493 e. The quantitative estimate of drug-likeness (QED) is 0.538. The molecule has 1 aromatic rings. The molecule has 0 spiro atoms. The average Bonchev–Trinajstić information content (AvgIpc) is 3.23. The van der Waals surface area contributed by atoms with Crippen LogP contribution in [0.2, 0.25) is 0 Å². The Morgan fingerprint density at radius 1 is 1.17 bits per heavy atom. The zero-order chi connectivity index (χ0) is 24.6. The molecule has 10 heteroatoms. The summed E-state index contributed by atoms with van der Waals surface area (Å²) < 4.78 is 47.0. The second-order valence-corrected chi connectivity index (χ2v) is 11.9. The van der Waals surface area contributed by atoms with Crippen LogP contribution in [0.4, 0.5) is 0 Å². The van der Waals surface area contributed by atoms with Crippen molar-refractivity contribution in [2.45, 2.75) is 50.9 Å². The van der Waals surface area contributed by atoms with Crippen molar-refractivity contribution in [1.82, 2.24) is 4.90 Å². The fourth-order valence-corrected chi connectivity index (χ4v) is 7.25. The molecule has 35 heavy (non-hydrogen) atoms. The van der Waals surface area contributed by atoms with E-state index >= 15 is 0 Å². The number of rotatable bonds is 6. The first kappa shape index (κ1) is 24.3. The van der Waals surface area contributed by atoms with Crippen molar-refractivity contribution in [3.63, 3.8) is 0 Å². The van der Waals surface area contributed by atoms with E-state index in [9.17, 15) is 18.0 Å². The van der Waals surface area contributed by atoms with Gasteiger partial charge in [-0.2, -0.15) is 0 Å². The van der Waals surface area contributed by atoms with E-state index in [1.54, 1.807) is 24.3 Å². The Hall–Kier alpha value is -2.43. The molecule has 3 fully saturated rings. The highest BCUT2D eigenvalue weighted by Crippen LogP contribution is 2.41. The third-order valence-corrected chi connectivity index (χ3v) is 9.10. The summed E-state index contributed by atoms with van der Waals surface area (Å²) in [4.78, 5) is 27.3. The van der Waals surface area contributed by atoms with Crippen LogP contribution >= 0.6 is 0 Å². The van der Waals surface area contributed by atoms with Crippen molar-refractivity contribution in [3.8, 4) is 5.75 Å². The van der Waals surface area contributed by atoms with Gasteiger partial charge in [-0.25, -0.2) is 13.2 Å². The second kappa shape index (κ2) is 9.91. The van der Waals surface area contributed by atoms with Gasteiger partial charge in [0, 0.05) is 18.5 Å². The summed E-state index contributed by atoms with van der Waals surface area (Å²) in [6, 6.07) is 6.42. The lowest BCUT2D eigenvalue weighted by atomic mass is 9.73. The van der Waals surface area contributed by atoms with Gasteiger partial charge in [0.1, 0.15) is 18.1 Å². The first-order valence-corrected chi connectivity index (χ1v) is 14.1. The predicted octanol–water partition coefficient (Wildman–Crippen LogP) is 2.31. The van der Waals surface area contributed by atoms with E-state index in [1.807, 2.05) is 6.92 Å². The van der Waals surface area contributed by atoms with Crippen LogP contribution in [-0.2, 0) is 28.8 Å². The lowest BCUT2D eigenvalue weighted by Gasteiger charge is -2.49. The number of sulfone groups is 1. The monoisotopic (exact) mass is 505 g/mol. The molecule has 2 saturated heterocycles. The van der Waals surface area contributed by atoms with Crippen LogP contribution in [0.25, 0.3) is 0 Å². The van der Waals surface area contributed by atoms with E-state index in [4.69, 9.17) is 18.9 Å². The number of Topliss-reactive ketones (excluding diaryl/α,β-unsaturated/α-hetero) is 1. The van der Waals surface area contributed by atoms with Gasteiger partial charge in [-0.3, -0.25) is 9.69 Å². The molecule has 5 unspecified atom stereocenters. The standard InChI is InChI=1S/C25H31NO8S/c1-2-10-31-25(28)16-3-5-18(6-4-16)34-22-13-32-24-19(23(22)27)7-8-21-20(24)12-26(15-33-21)17-9-11-35(29,30)14-17/h3-6,13,17,19-21,24H,2,7-12,14-15H2,1H3. The highest BCUT2D eigenvalue weighted by atomic mass is 32.2. The Morgan fingerprint density at radius 2 is 1.97 bits per heavy atom. The maximum absolute atomic E-state index is 13.3. The smallest absolute Gasteiger partial charge is 0.338 e. The van der Waals surface area contributed by atoms with Gasteiger partial charge in [-0.05, 0) is 49.9 Å². The number of carbonyl (C=O) groups excluding carboxylic acids is 2. The van der Waals surface area contributed by atoms with E-state index in [2.05, 4.69) is 4.90 Å². The van der Waals surface area contributed by atoms with Crippen molar-refractivity contribution in [3.05, 3.63) is 41.9 Å². The molecule has 3 heterocycles. The van der Waals surface area contributed by atoms with Crippen molar-refractivity contribution < 1.29 is 37.0 Å². The van der Waals surface area contributed by atoms with Crippen molar-refractivity contribution in [2.75, 3.05) is 31.4 Å². The molecule has 0 aromatic heterocycles. The lowest BCUT2D eigenvalue weighted by molar-refractivity contribution is -0.178. The molecule has 5 rings (SSSR count). The van der Waals surface area contributed by atoms with Gasteiger partial charge in [-0.1, -0.05) is 6.92 Å². The van der Waals surface area contributed by atoms with Gasteiger partial charge >= 0.3 is 5.97 Å². The summed E-state index contributed by atoms with van der Waals surface area (Å²) >= 11 is 0. The fourth-order valence-electron chi connectivity index (χ4n) is 5.49. The van der Waals surface area contributed by atoms with Gasteiger partial charge in [0.05, 0.1) is 42.4 Å². The molecule has 0 radical (unpaired) electrons. The number of hydrogen-bond donors (Lipinski definition) is 0. The third-order valence-electron chi connectivity index (χ3n) is 7.35. The Bertz CT molecular complexity index is 1100. The summed E-state index contributed by atoms with van der Waals surface area (Å²) in [5, 5.41) is 0. The number of fused-ring (bicyclic) bond motifs is 3. The number of ketones is 1. The van der Waals surface area contributed by atoms with Crippen LogP contribution < -0.4 is 4.74 Å². The maximum Gasteiger partial charge on any atom is 0.338 e. The van der Waals surface area contributed by atoms with Gasteiger partial charge < -0.3 is 18.9 Å². The second-order valence-electron chi connectivity index (χ2n) is 9.72. The van der Waals surface area contributed by atoms with E-state index in [1.165, 1.54) is 6.26 Å². The molecule has 0 amide bonds.